The van der Waals surface area contributed by atoms with Crippen molar-refractivity contribution in [3.8, 4) is 5.88 Å². The van der Waals surface area contributed by atoms with Crippen LogP contribution in [0.15, 0.2) is 36.5 Å². The largest absolute Gasteiger partial charge is 0.481 e. The molecule has 5 nitrogen and oxygen atoms in total. The lowest BCUT2D eigenvalue weighted by Crippen LogP contribution is -2.23. The maximum atomic E-state index is 12.0. The molecule has 20 heavy (non-hydrogen) atoms. The summed E-state index contributed by atoms with van der Waals surface area (Å²) in [5.41, 5.74) is 7.40. The Morgan fingerprint density at radius 3 is 2.80 bits per heavy atom. The number of pyridine rings is 1. The average Bonchev–Trinajstić information content (AvgIpc) is 2.44. The maximum absolute atomic E-state index is 12.0. The highest BCUT2D eigenvalue weighted by Gasteiger charge is 2.07. The fourth-order valence-electron chi connectivity index (χ4n) is 1.66. The molecule has 1 amide bonds. The summed E-state index contributed by atoms with van der Waals surface area (Å²) in [7, 11) is 1.55. The molecule has 0 aliphatic carbocycles. The van der Waals surface area contributed by atoms with Gasteiger partial charge < -0.3 is 15.8 Å². The zero-order valence-corrected chi connectivity index (χ0v) is 11.6. The van der Waals surface area contributed by atoms with E-state index in [1.165, 1.54) is 0 Å². The molecule has 0 saturated carbocycles. The second kappa shape index (κ2) is 6.25. The lowest BCUT2D eigenvalue weighted by molar-refractivity contribution is 0.0951. The molecule has 0 spiro atoms. The zero-order valence-electron chi connectivity index (χ0n) is 10.9. The van der Waals surface area contributed by atoms with Crippen molar-refractivity contribution in [3.63, 3.8) is 0 Å². The van der Waals surface area contributed by atoms with E-state index < -0.39 is 0 Å². The number of amides is 1. The molecule has 0 aliphatic heterocycles. The molecule has 104 valence electrons. The number of ether oxygens (including phenoxy) is 1. The second-order valence-electron chi connectivity index (χ2n) is 4.16. The molecule has 2 rings (SSSR count). The van der Waals surface area contributed by atoms with Gasteiger partial charge in [0.15, 0.2) is 0 Å². The lowest BCUT2D eigenvalue weighted by Gasteiger charge is -2.07. The van der Waals surface area contributed by atoms with E-state index in [1.807, 2.05) is 6.07 Å². The molecule has 0 atom stereocenters. The van der Waals surface area contributed by atoms with Gasteiger partial charge in [0.1, 0.15) is 0 Å². The van der Waals surface area contributed by atoms with Gasteiger partial charge in [-0.25, -0.2) is 4.98 Å². The van der Waals surface area contributed by atoms with Crippen molar-refractivity contribution in [2.45, 2.75) is 6.54 Å². The molecule has 0 bridgehead atoms. The average molecular weight is 292 g/mol. The van der Waals surface area contributed by atoms with Gasteiger partial charge in [-0.15, -0.1) is 0 Å². The van der Waals surface area contributed by atoms with E-state index in [4.69, 9.17) is 22.1 Å². The molecule has 1 aromatic heterocycles. The predicted octanol–water partition coefficient (Wildman–Crippen LogP) is 2.26. The van der Waals surface area contributed by atoms with Crippen molar-refractivity contribution in [3.05, 3.63) is 52.7 Å². The van der Waals surface area contributed by atoms with Gasteiger partial charge >= 0.3 is 0 Å². The summed E-state index contributed by atoms with van der Waals surface area (Å²) in [4.78, 5) is 16.0. The molecule has 0 radical (unpaired) electrons. The molecule has 0 aliphatic rings. The number of hydrogen-bond acceptors (Lipinski definition) is 4. The standard InChI is InChI=1S/C14H14ClN3O2/c1-20-13-3-2-9(7-17-13)8-18-14(19)10-4-11(15)6-12(16)5-10/h2-7H,8,16H2,1H3,(H,18,19). The molecule has 1 aromatic carbocycles. The molecular formula is C14H14ClN3O2. The highest BCUT2D eigenvalue weighted by Crippen LogP contribution is 2.16. The number of hydrogen-bond donors (Lipinski definition) is 2. The van der Waals surface area contributed by atoms with E-state index in [2.05, 4.69) is 10.3 Å². The van der Waals surface area contributed by atoms with Crippen LogP contribution in [0.2, 0.25) is 5.02 Å². The van der Waals surface area contributed by atoms with Gasteiger partial charge in [0.25, 0.3) is 5.91 Å². The number of anilines is 1. The van der Waals surface area contributed by atoms with Crippen LogP contribution in [0.25, 0.3) is 0 Å². The number of nitrogens with two attached hydrogens (primary N) is 1. The van der Waals surface area contributed by atoms with Crippen LogP contribution in [0.1, 0.15) is 15.9 Å². The van der Waals surface area contributed by atoms with Gasteiger partial charge in [0, 0.05) is 35.1 Å². The fraction of sp³-hybridized carbons (Fsp3) is 0.143. The number of methoxy groups -OCH3 is 1. The van der Waals surface area contributed by atoms with E-state index in [-0.39, 0.29) is 5.91 Å². The number of carbonyl (C=O) groups is 1. The summed E-state index contributed by atoms with van der Waals surface area (Å²) in [6.07, 6.45) is 1.64. The van der Waals surface area contributed by atoms with Crippen LogP contribution in [-0.2, 0) is 6.54 Å². The fourth-order valence-corrected chi connectivity index (χ4v) is 1.91. The number of nitrogens with zero attached hydrogens (tertiary/aromatic N) is 1. The van der Waals surface area contributed by atoms with E-state index in [1.54, 1.807) is 37.6 Å². The molecule has 1 heterocycles. The summed E-state index contributed by atoms with van der Waals surface area (Å²) in [6.45, 7) is 0.363. The number of halogens is 1. The van der Waals surface area contributed by atoms with Gasteiger partial charge in [-0.3, -0.25) is 4.79 Å². The topological polar surface area (TPSA) is 77.2 Å². The Hall–Kier alpha value is -2.27. The van der Waals surface area contributed by atoms with Crippen LogP contribution in [0.5, 0.6) is 5.88 Å². The van der Waals surface area contributed by atoms with Crippen molar-refractivity contribution in [1.82, 2.24) is 10.3 Å². The SMILES string of the molecule is COc1ccc(CNC(=O)c2cc(N)cc(Cl)c2)cn1. The Labute approximate surface area is 121 Å². The Kier molecular flexibility index (Phi) is 4.42. The molecule has 0 unspecified atom stereocenters. The molecule has 2 aromatic rings. The number of aromatic nitrogens is 1. The second-order valence-corrected chi connectivity index (χ2v) is 4.60. The Morgan fingerprint density at radius 1 is 1.40 bits per heavy atom. The van der Waals surface area contributed by atoms with Crippen LogP contribution in [0.3, 0.4) is 0 Å². The van der Waals surface area contributed by atoms with Gasteiger partial charge in [-0.05, 0) is 23.8 Å². The van der Waals surface area contributed by atoms with E-state index in [9.17, 15) is 4.79 Å². The summed E-state index contributed by atoms with van der Waals surface area (Å²) in [5, 5.41) is 3.20. The monoisotopic (exact) mass is 291 g/mol. The first-order valence-corrected chi connectivity index (χ1v) is 6.29. The van der Waals surface area contributed by atoms with Crippen molar-refractivity contribution in [2.75, 3.05) is 12.8 Å². The molecule has 0 saturated heterocycles. The van der Waals surface area contributed by atoms with Crippen LogP contribution in [0.4, 0.5) is 5.69 Å². The lowest BCUT2D eigenvalue weighted by atomic mass is 10.2. The summed E-state index contributed by atoms with van der Waals surface area (Å²) >= 11 is 5.86. The molecular weight excluding hydrogens is 278 g/mol. The predicted molar refractivity (Wildman–Crippen MR) is 77.8 cm³/mol. The minimum Gasteiger partial charge on any atom is -0.481 e. The number of rotatable bonds is 4. The molecule has 0 fully saturated rings. The van der Waals surface area contributed by atoms with E-state index in [0.29, 0.717) is 28.7 Å². The summed E-state index contributed by atoms with van der Waals surface area (Å²) < 4.78 is 4.96. The first-order chi connectivity index (χ1) is 9.58. The molecule has 6 heteroatoms. The van der Waals surface area contributed by atoms with Crippen molar-refractivity contribution >= 4 is 23.2 Å². The minimum atomic E-state index is -0.241. The number of benzene rings is 1. The number of nitrogens with one attached hydrogen (secondary N) is 1. The van der Waals surface area contributed by atoms with Crippen LogP contribution < -0.4 is 15.8 Å². The van der Waals surface area contributed by atoms with Gasteiger partial charge in [-0.1, -0.05) is 17.7 Å². The van der Waals surface area contributed by atoms with Gasteiger partial charge in [0.05, 0.1) is 7.11 Å². The maximum Gasteiger partial charge on any atom is 0.251 e. The van der Waals surface area contributed by atoms with Crippen molar-refractivity contribution in [1.29, 1.82) is 0 Å². The Balaban J connectivity index is 2.00. The smallest absolute Gasteiger partial charge is 0.251 e. The Bertz CT molecular complexity index is 594. The first-order valence-electron chi connectivity index (χ1n) is 5.91. The Morgan fingerprint density at radius 2 is 2.20 bits per heavy atom. The van der Waals surface area contributed by atoms with Crippen LogP contribution in [0, 0.1) is 0 Å². The third-order valence-electron chi connectivity index (χ3n) is 2.64. The van der Waals surface area contributed by atoms with Crippen LogP contribution in [-0.4, -0.2) is 18.0 Å². The highest BCUT2D eigenvalue weighted by molar-refractivity contribution is 6.31. The van der Waals surface area contributed by atoms with Crippen LogP contribution >= 0.6 is 11.6 Å². The third-order valence-corrected chi connectivity index (χ3v) is 2.86. The van der Waals surface area contributed by atoms with Gasteiger partial charge in [-0.2, -0.15) is 0 Å². The summed E-state index contributed by atoms with van der Waals surface area (Å²) in [5.74, 6) is 0.290. The van der Waals surface area contributed by atoms with Crippen molar-refractivity contribution < 1.29 is 9.53 Å². The first kappa shape index (κ1) is 14.1. The quantitative estimate of drug-likeness (QED) is 0.847. The van der Waals surface area contributed by atoms with Gasteiger partial charge in [0.2, 0.25) is 5.88 Å². The highest BCUT2D eigenvalue weighted by atomic mass is 35.5. The minimum absolute atomic E-state index is 0.241. The van der Waals surface area contributed by atoms with E-state index in [0.717, 1.165) is 5.56 Å². The summed E-state index contributed by atoms with van der Waals surface area (Å²) in [6, 6.07) is 8.30. The molecule has 3 N–H and O–H groups in total. The number of carbonyl (C=O) groups excluding carboxylic acids is 1. The third kappa shape index (κ3) is 3.61. The van der Waals surface area contributed by atoms with E-state index >= 15 is 0 Å². The number of nitrogen functional groups attached to an aromatic ring is 1. The van der Waals surface area contributed by atoms with Crippen molar-refractivity contribution in [2.24, 2.45) is 0 Å². The normalized spacial score (nSPS) is 10.1. The zero-order chi connectivity index (χ0) is 14.5.